The van der Waals surface area contributed by atoms with Crippen molar-refractivity contribution in [1.29, 1.82) is 0 Å². The largest absolute Gasteiger partial charge is 0.491 e. The molecule has 0 aliphatic heterocycles. The van der Waals surface area contributed by atoms with Gasteiger partial charge in [-0.2, -0.15) is 0 Å². The molecule has 2 heterocycles. The molecule has 0 aliphatic rings. The number of rotatable bonds is 5. The topological polar surface area (TPSA) is 61.0 Å². The van der Waals surface area contributed by atoms with Gasteiger partial charge in [0, 0.05) is 18.0 Å². The fourth-order valence-corrected chi connectivity index (χ4v) is 2.91. The maximum absolute atomic E-state index is 5.76. The predicted octanol–water partition coefficient (Wildman–Crippen LogP) is 3.09. The molecule has 3 rings (SSSR count). The molecule has 0 spiro atoms. The molecule has 0 fully saturated rings. The Morgan fingerprint density at radius 2 is 2.00 bits per heavy atom. The molecule has 0 unspecified atom stereocenters. The van der Waals surface area contributed by atoms with E-state index >= 15 is 0 Å². The summed E-state index contributed by atoms with van der Waals surface area (Å²) in [5.74, 6) is 0.826. The average Bonchev–Trinajstić information content (AvgIpc) is 2.93. The van der Waals surface area contributed by atoms with Crippen LogP contribution < -0.4 is 10.5 Å². The van der Waals surface area contributed by atoms with Gasteiger partial charge in [-0.3, -0.25) is 4.98 Å². The minimum atomic E-state index is 0.623. The van der Waals surface area contributed by atoms with Crippen molar-refractivity contribution in [3.8, 4) is 16.3 Å². The van der Waals surface area contributed by atoms with E-state index in [-0.39, 0.29) is 0 Å². The summed E-state index contributed by atoms with van der Waals surface area (Å²) in [6, 6.07) is 9.94. The van der Waals surface area contributed by atoms with Crippen molar-refractivity contribution in [2.24, 2.45) is 5.73 Å². The number of thiazole rings is 1. The number of pyridine rings is 1. The van der Waals surface area contributed by atoms with Crippen molar-refractivity contribution in [3.05, 3.63) is 42.7 Å². The first-order chi connectivity index (χ1) is 9.88. The first-order valence-corrected chi connectivity index (χ1v) is 7.33. The molecule has 0 atom stereocenters. The van der Waals surface area contributed by atoms with Gasteiger partial charge in [0.15, 0.2) is 0 Å². The van der Waals surface area contributed by atoms with Crippen molar-refractivity contribution in [2.75, 3.05) is 13.2 Å². The Morgan fingerprint density at radius 3 is 2.80 bits per heavy atom. The molecule has 102 valence electrons. The smallest absolute Gasteiger partial charge is 0.146 e. The van der Waals surface area contributed by atoms with E-state index in [1.54, 1.807) is 23.7 Å². The minimum absolute atomic E-state index is 0.623. The molecule has 0 saturated carbocycles. The van der Waals surface area contributed by atoms with E-state index < -0.39 is 0 Å². The number of aromatic nitrogens is 2. The molecule has 3 aromatic rings. The number of hydrogen-bond acceptors (Lipinski definition) is 5. The lowest BCUT2D eigenvalue weighted by Gasteiger charge is -2.05. The molecule has 0 amide bonds. The van der Waals surface area contributed by atoms with Gasteiger partial charge in [-0.25, -0.2) is 4.98 Å². The molecule has 4 nitrogen and oxygen atoms in total. The minimum Gasteiger partial charge on any atom is -0.491 e. The molecule has 5 heteroatoms. The highest BCUT2D eigenvalue weighted by Gasteiger charge is 2.10. The van der Waals surface area contributed by atoms with Crippen LogP contribution in [-0.2, 0) is 0 Å². The lowest BCUT2D eigenvalue weighted by molar-refractivity contribution is 0.316. The van der Waals surface area contributed by atoms with Crippen LogP contribution in [-0.4, -0.2) is 23.1 Å². The summed E-state index contributed by atoms with van der Waals surface area (Å²) < 4.78 is 6.89. The summed E-state index contributed by atoms with van der Waals surface area (Å²) in [6.45, 7) is 1.26. The van der Waals surface area contributed by atoms with E-state index in [1.165, 1.54) is 0 Å². The number of para-hydroxylation sites is 1. The Bertz CT molecular complexity index is 697. The maximum atomic E-state index is 5.76. The molecular formula is C15H15N3OS. The van der Waals surface area contributed by atoms with E-state index in [9.17, 15) is 0 Å². The van der Waals surface area contributed by atoms with Crippen LogP contribution in [0.5, 0.6) is 5.75 Å². The fourth-order valence-electron chi connectivity index (χ4n) is 1.92. The van der Waals surface area contributed by atoms with Crippen molar-refractivity contribution in [1.82, 2.24) is 9.97 Å². The zero-order chi connectivity index (χ0) is 13.8. The zero-order valence-corrected chi connectivity index (χ0v) is 11.8. The average molecular weight is 285 g/mol. The van der Waals surface area contributed by atoms with Gasteiger partial charge in [0.2, 0.25) is 0 Å². The van der Waals surface area contributed by atoms with Crippen molar-refractivity contribution in [3.63, 3.8) is 0 Å². The Hall–Kier alpha value is -1.98. The number of nitrogens with two attached hydrogens (primary N) is 1. The summed E-state index contributed by atoms with van der Waals surface area (Å²) in [6.07, 6.45) is 4.40. The molecule has 20 heavy (non-hydrogen) atoms. The number of nitrogens with zero attached hydrogens (tertiary/aromatic N) is 2. The third-order valence-corrected chi connectivity index (χ3v) is 3.98. The van der Waals surface area contributed by atoms with Gasteiger partial charge in [-0.05, 0) is 37.2 Å². The first-order valence-electron chi connectivity index (χ1n) is 6.51. The van der Waals surface area contributed by atoms with Crippen LogP contribution in [0.25, 0.3) is 20.8 Å². The number of hydrogen-bond donors (Lipinski definition) is 1. The van der Waals surface area contributed by atoms with Gasteiger partial charge in [-0.15, -0.1) is 11.3 Å². The second-order valence-electron chi connectivity index (χ2n) is 4.35. The van der Waals surface area contributed by atoms with Gasteiger partial charge >= 0.3 is 0 Å². The highest BCUT2D eigenvalue weighted by Crippen LogP contribution is 2.34. The van der Waals surface area contributed by atoms with Crippen LogP contribution >= 0.6 is 11.3 Å². The maximum Gasteiger partial charge on any atom is 0.146 e. The van der Waals surface area contributed by atoms with Gasteiger partial charge in [0.25, 0.3) is 0 Å². The lowest BCUT2D eigenvalue weighted by atomic mass is 10.3. The van der Waals surface area contributed by atoms with Crippen LogP contribution in [0.15, 0.2) is 42.7 Å². The summed E-state index contributed by atoms with van der Waals surface area (Å²) in [5.41, 5.74) is 7.48. The van der Waals surface area contributed by atoms with Gasteiger partial charge in [-0.1, -0.05) is 6.07 Å². The monoisotopic (exact) mass is 285 g/mol. The Morgan fingerprint density at radius 1 is 1.15 bits per heavy atom. The third-order valence-electron chi connectivity index (χ3n) is 2.92. The summed E-state index contributed by atoms with van der Waals surface area (Å²) in [4.78, 5) is 8.73. The molecule has 1 aromatic carbocycles. The van der Waals surface area contributed by atoms with Crippen LogP contribution in [0.3, 0.4) is 0 Å². The second-order valence-corrected chi connectivity index (χ2v) is 5.38. The number of benzene rings is 1. The van der Waals surface area contributed by atoms with Crippen molar-refractivity contribution >= 4 is 21.6 Å². The van der Waals surface area contributed by atoms with Crippen LogP contribution in [0.1, 0.15) is 6.42 Å². The Balaban J connectivity index is 1.96. The summed E-state index contributed by atoms with van der Waals surface area (Å²) >= 11 is 1.66. The Kier molecular flexibility index (Phi) is 3.90. The third kappa shape index (κ3) is 2.64. The quantitative estimate of drug-likeness (QED) is 0.732. The highest BCUT2D eigenvalue weighted by atomic mass is 32.1. The lowest BCUT2D eigenvalue weighted by Crippen LogP contribution is -2.06. The fraction of sp³-hybridized carbons (Fsp3) is 0.200. The van der Waals surface area contributed by atoms with Gasteiger partial charge in [0.05, 0.1) is 11.3 Å². The molecule has 2 N–H and O–H groups in total. The standard InChI is InChI=1S/C15H15N3OS/c16-7-2-10-19-12-3-1-4-13-14(12)18-15(20-13)11-5-8-17-9-6-11/h1,3-6,8-9H,2,7,10,16H2. The normalized spacial score (nSPS) is 10.8. The van der Waals surface area contributed by atoms with Gasteiger partial charge in [0.1, 0.15) is 16.3 Å². The van der Waals surface area contributed by atoms with Crippen LogP contribution in [0.2, 0.25) is 0 Å². The van der Waals surface area contributed by atoms with Gasteiger partial charge < -0.3 is 10.5 Å². The molecule has 0 saturated heterocycles. The molecule has 0 aliphatic carbocycles. The highest BCUT2D eigenvalue weighted by molar-refractivity contribution is 7.21. The number of fused-ring (bicyclic) bond motifs is 1. The molecule has 2 aromatic heterocycles. The number of ether oxygens (including phenoxy) is 1. The molecule has 0 radical (unpaired) electrons. The van der Waals surface area contributed by atoms with Crippen LogP contribution in [0, 0.1) is 0 Å². The van der Waals surface area contributed by atoms with Crippen molar-refractivity contribution in [2.45, 2.75) is 6.42 Å². The SMILES string of the molecule is NCCCOc1cccc2sc(-c3ccncc3)nc12. The summed E-state index contributed by atoms with van der Waals surface area (Å²) in [5, 5.41) is 0.984. The molecule has 0 bridgehead atoms. The van der Waals surface area contributed by atoms with E-state index in [0.717, 1.165) is 33.0 Å². The van der Waals surface area contributed by atoms with E-state index in [2.05, 4.69) is 11.1 Å². The Labute approximate surface area is 121 Å². The predicted molar refractivity (Wildman–Crippen MR) is 82.0 cm³/mol. The summed E-state index contributed by atoms with van der Waals surface area (Å²) in [7, 11) is 0. The second kappa shape index (κ2) is 5.98. The zero-order valence-electron chi connectivity index (χ0n) is 11.0. The van der Waals surface area contributed by atoms with Crippen LogP contribution in [0.4, 0.5) is 0 Å². The van der Waals surface area contributed by atoms with E-state index in [1.807, 2.05) is 24.3 Å². The van der Waals surface area contributed by atoms with E-state index in [0.29, 0.717) is 13.2 Å². The van der Waals surface area contributed by atoms with E-state index in [4.69, 9.17) is 15.5 Å². The van der Waals surface area contributed by atoms with Crippen molar-refractivity contribution < 1.29 is 4.74 Å². The first kappa shape index (κ1) is 13.0. The molecular weight excluding hydrogens is 270 g/mol.